The zero-order valence-corrected chi connectivity index (χ0v) is 11.4. The zero-order chi connectivity index (χ0) is 12.1. The maximum Gasteiger partial charge on any atom is 0.119 e. The first-order valence-electron chi connectivity index (χ1n) is 5.97. The number of nitrogens with zero attached hydrogens (tertiary/aromatic N) is 1. The Bertz CT molecular complexity index is 401. The van der Waals surface area contributed by atoms with Gasteiger partial charge in [-0.2, -0.15) is 5.26 Å². The Morgan fingerprint density at radius 2 is 1.88 bits per heavy atom. The van der Waals surface area contributed by atoms with Crippen molar-refractivity contribution < 1.29 is 4.74 Å². The van der Waals surface area contributed by atoms with Crippen molar-refractivity contribution in [3.63, 3.8) is 0 Å². The highest BCUT2D eigenvalue weighted by molar-refractivity contribution is 9.09. The van der Waals surface area contributed by atoms with E-state index >= 15 is 0 Å². The highest BCUT2D eigenvalue weighted by Crippen LogP contribution is 2.39. The fourth-order valence-electron chi connectivity index (χ4n) is 2.30. The predicted molar refractivity (Wildman–Crippen MR) is 71.3 cm³/mol. The number of alkyl halides is 1. The molecule has 1 saturated carbocycles. The third-order valence-corrected chi connectivity index (χ3v) is 4.67. The molecule has 1 aliphatic carbocycles. The number of ether oxygens (including phenoxy) is 1. The van der Waals surface area contributed by atoms with Crippen molar-refractivity contribution in [3.05, 3.63) is 29.8 Å². The molecule has 17 heavy (non-hydrogen) atoms. The van der Waals surface area contributed by atoms with Crippen molar-refractivity contribution in [2.45, 2.75) is 25.7 Å². The summed E-state index contributed by atoms with van der Waals surface area (Å²) in [6, 6.07) is 9.44. The molecule has 1 aromatic carbocycles. The average Bonchev–Trinajstić information content (AvgIpc) is 2.86. The maximum absolute atomic E-state index is 8.71. The summed E-state index contributed by atoms with van der Waals surface area (Å²) in [4.78, 5) is 0. The molecule has 0 atom stereocenters. The molecule has 0 unspecified atom stereocenters. The summed E-state index contributed by atoms with van der Waals surface area (Å²) >= 11 is 3.61. The molecule has 0 amide bonds. The Morgan fingerprint density at radius 3 is 2.41 bits per heavy atom. The van der Waals surface area contributed by atoms with Crippen molar-refractivity contribution in [3.8, 4) is 11.8 Å². The van der Waals surface area contributed by atoms with Crippen LogP contribution in [-0.4, -0.2) is 11.9 Å². The molecule has 0 N–H and O–H groups in total. The molecule has 0 saturated heterocycles. The van der Waals surface area contributed by atoms with Crippen LogP contribution in [0.2, 0.25) is 0 Å². The molecule has 3 heteroatoms. The lowest BCUT2D eigenvalue weighted by atomic mass is 9.90. The van der Waals surface area contributed by atoms with E-state index in [0.717, 1.165) is 17.7 Å². The minimum atomic E-state index is 0.313. The summed E-state index contributed by atoms with van der Waals surface area (Å²) in [6.45, 7) is 0.768. The molecule has 0 radical (unpaired) electrons. The van der Waals surface area contributed by atoms with Crippen molar-refractivity contribution in [2.24, 2.45) is 5.41 Å². The zero-order valence-electron chi connectivity index (χ0n) is 9.79. The highest BCUT2D eigenvalue weighted by Gasteiger charge is 2.33. The van der Waals surface area contributed by atoms with E-state index in [4.69, 9.17) is 10.00 Å². The largest absolute Gasteiger partial charge is 0.493 e. The van der Waals surface area contributed by atoms with Gasteiger partial charge in [0.2, 0.25) is 0 Å². The number of hydrogen-bond acceptors (Lipinski definition) is 2. The number of nitriles is 1. The second kappa shape index (κ2) is 5.55. The Morgan fingerprint density at radius 1 is 1.24 bits per heavy atom. The van der Waals surface area contributed by atoms with Gasteiger partial charge < -0.3 is 4.74 Å². The van der Waals surface area contributed by atoms with Crippen LogP contribution in [0, 0.1) is 16.7 Å². The van der Waals surface area contributed by atoms with Crippen LogP contribution >= 0.6 is 15.9 Å². The van der Waals surface area contributed by atoms with Crippen LogP contribution in [0.5, 0.6) is 5.75 Å². The van der Waals surface area contributed by atoms with Gasteiger partial charge in [-0.1, -0.05) is 28.8 Å². The lowest BCUT2D eigenvalue weighted by Crippen LogP contribution is -2.26. The molecule has 0 aliphatic heterocycles. The van der Waals surface area contributed by atoms with E-state index in [1.165, 1.54) is 25.7 Å². The molecule has 0 aromatic heterocycles. The second-order valence-electron chi connectivity index (χ2n) is 4.77. The van der Waals surface area contributed by atoms with Crippen molar-refractivity contribution in [1.82, 2.24) is 0 Å². The summed E-state index contributed by atoms with van der Waals surface area (Å²) in [7, 11) is 0. The smallest absolute Gasteiger partial charge is 0.119 e. The van der Waals surface area contributed by atoms with Crippen LogP contribution in [-0.2, 0) is 0 Å². The minimum absolute atomic E-state index is 0.313. The van der Waals surface area contributed by atoms with E-state index in [1.807, 2.05) is 12.1 Å². The third kappa shape index (κ3) is 3.01. The van der Waals surface area contributed by atoms with Gasteiger partial charge in [0.15, 0.2) is 0 Å². The fourth-order valence-corrected chi connectivity index (χ4v) is 3.03. The number of halogens is 1. The summed E-state index contributed by atoms with van der Waals surface area (Å²) in [5.74, 6) is 0.858. The van der Waals surface area contributed by atoms with E-state index in [0.29, 0.717) is 11.0 Å². The molecule has 1 fully saturated rings. The van der Waals surface area contributed by atoms with E-state index in [2.05, 4.69) is 22.0 Å². The molecule has 90 valence electrons. The molecule has 1 aliphatic rings. The van der Waals surface area contributed by atoms with Gasteiger partial charge in [0, 0.05) is 10.7 Å². The standard InChI is InChI=1S/C14H16BrNO/c15-10-14(7-1-2-8-14)11-17-13-5-3-12(9-16)4-6-13/h3-6H,1-2,7-8,10-11H2. The van der Waals surface area contributed by atoms with E-state index in [-0.39, 0.29) is 0 Å². The van der Waals surface area contributed by atoms with Crippen molar-refractivity contribution in [1.29, 1.82) is 5.26 Å². The van der Waals surface area contributed by atoms with Gasteiger partial charge >= 0.3 is 0 Å². The topological polar surface area (TPSA) is 33.0 Å². The molecule has 0 heterocycles. The highest BCUT2D eigenvalue weighted by atomic mass is 79.9. The molecular weight excluding hydrogens is 278 g/mol. The van der Waals surface area contributed by atoms with Gasteiger partial charge in [0.25, 0.3) is 0 Å². The van der Waals surface area contributed by atoms with Gasteiger partial charge in [-0.3, -0.25) is 0 Å². The normalized spacial score (nSPS) is 17.6. The van der Waals surface area contributed by atoms with Crippen LogP contribution in [0.15, 0.2) is 24.3 Å². The lowest BCUT2D eigenvalue weighted by molar-refractivity contribution is 0.174. The quantitative estimate of drug-likeness (QED) is 0.789. The Hall–Kier alpha value is -1.01. The first-order valence-corrected chi connectivity index (χ1v) is 7.09. The molecule has 2 rings (SSSR count). The monoisotopic (exact) mass is 293 g/mol. The molecule has 0 bridgehead atoms. The van der Waals surface area contributed by atoms with Crippen molar-refractivity contribution in [2.75, 3.05) is 11.9 Å². The van der Waals surface area contributed by atoms with Crippen LogP contribution in [0.25, 0.3) is 0 Å². The summed E-state index contributed by atoms with van der Waals surface area (Å²) in [5, 5.41) is 9.72. The van der Waals surface area contributed by atoms with Gasteiger partial charge in [-0.25, -0.2) is 0 Å². The molecular formula is C14H16BrNO. The molecule has 0 spiro atoms. The average molecular weight is 294 g/mol. The maximum atomic E-state index is 8.71. The Labute approximate surface area is 111 Å². The lowest BCUT2D eigenvalue weighted by Gasteiger charge is -2.26. The summed E-state index contributed by atoms with van der Waals surface area (Å²) < 4.78 is 5.84. The number of rotatable bonds is 4. The Balaban J connectivity index is 1.94. The van der Waals surface area contributed by atoms with Gasteiger partial charge in [-0.05, 0) is 37.1 Å². The summed E-state index contributed by atoms with van der Waals surface area (Å²) in [6.07, 6.45) is 5.10. The Kier molecular flexibility index (Phi) is 4.06. The van der Waals surface area contributed by atoms with Crippen LogP contribution in [0.1, 0.15) is 31.2 Å². The summed E-state index contributed by atoms with van der Waals surface area (Å²) in [5.41, 5.74) is 0.988. The van der Waals surface area contributed by atoms with Crippen LogP contribution in [0.3, 0.4) is 0 Å². The number of benzene rings is 1. The first kappa shape index (κ1) is 12.4. The third-order valence-electron chi connectivity index (χ3n) is 3.48. The van der Waals surface area contributed by atoms with Crippen molar-refractivity contribution >= 4 is 15.9 Å². The SMILES string of the molecule is N#Cc1ccc(OCC2(CBr)CCCC2)cc1. The van der Waals surface area contributed by atoms with E-state index < -0.39 is 0 Å². The first-order chi connectivity index (χ1) is 8.28. The van der Waals surface area contributed by atoms with E-state index in [9.17, 15) is 0 Å². The van der Waals surface area contributed by atoms with E-state index in [1.54, 1.807) is 12.1 Å². The van der Waals surface area contributed by atoms with Gasteiger partial charge in [-0.15, -0.1) is 0 Å². The van der Waals surface area contributed by atoms with Gasteiger partial charge in [0.05, 0.1) is 18.2 Å². The minimum Gasteiger partial charge on any atom is -0.493 e. The number of hydrogen-bond donors (Lipinski definition) is 0. The fraction of sp³-hybridized carbons (Fsp3) is 0.500. The molecule has 1 aromatic rings. The van der Waals surface area contributed by atoms with Crippen LogP contribution in [0.4, 0.5) is 0 Å². The second-order valence-corrected chi connectivity index (χ2v) is 5.33. The van der Waals surface area contributed by atoms with Crippen LogP contribution < -0.4 is 4.74 Å². The molecule has 2 nitrogen and oxygen atoms in total. The van der Waals surface area contributed by atoms with Gasteiger partial charge in [0.1, 0.15) is 5.75 Å². The predicted octanol–water partition coefficient (Wildman–Crippen LogP) is 3.89.